The van der Waals surface area contributed by atoms with Gasteiger partial charge in [-0.1, -0.05) is 0 Å². The van der Waals surface area contributed by atoms with Gasteiger partial charge in [-0.05, 0) is 52.9 Å². The lowest BCUT2D eigenvalue weighted by atomic mass is 10.0. The van der Waals surface area contributed by atoms with Gasteiger partial charge >= 0.3 is 0 Å². The van der Waals surface area contributed by atoms with E-state index in [0.717, 1.165) is 6.07 Å². The topological polar surface area (TPSA) is 71.5 Å². The number of aromatic nitrogens is 1. The van der Waals surface area contributed by atoms with Gasteiger partial charge in [0.05, 0.1) is 13.7 Å². The molecule has 1 aliphatic rings. The van der Waals surface area contributed by atoms with Gasteiger partial charge in [-0.3, -0.25) is 14.9 Å². The molecule has 1 aliphatic heterocycles. The maximum atomic E-state index is 14.5. The highest BCUT2D eigenvalue weighted by atomic mass is 127. The molecule has 0 radical (unpaired) electrons. The molecule has 0 saturated carbocycles. The molecule has 4 rings (SSSR count). The van der Waals surface area contributed by atoms with Crippen LogP contribution in [0.15, 0.2) is 41.9 Å². The summed E-state index contributed by atoms with van der Waals surface area (Å²) in [5.41, 5.74) is 0.535. The fourth-order valence-corrected chi connectivity index (χ4v) is 4.51. The van der Waals surface area contributed by atoms with E-state index in [1.165, 1.54) is 47.7 Å². The van der Waals surface area contributed by atoms with Crippen molar-refractivity contribution in [2.45, 2.75) is 12.6 Å². The molecule has 0 bridgehead atoms. The van der Waals surface area contributed by atoms with Crippen LogP contribution >= 0.6 is 33.9 Å². The Morgan fingerprint density at radius 1 is 1.33 bits per heavy atom. The van der Waals surface area contributed by atoms with Crippen molar-refractivity contribution in [1.82, 2.24) is 9.88 Å². The van der Waals surface area contributed by atoms with Crippen LogP contribution < -0.4 is 10.1 Å². The molecule has 0 unspecified atom stereocenters. The summed E-state index contributed by atoms with van der Waals surface area (Å²) in [6.45, 7) is -0.132. The second-order valence-electron chi connectivity index (χ2n) is 6.46. The molecule has 154 valence electrons. The van der Waals surface area contributed by atoms with Crippen LogP contribution in [0.1, 0.15) is 27.5 Å². The van der Waals surface area contributed by atoms with Gasteiger partial charge in [-0.15, -0.1) is 11.3 Å². The highest BCUT2D eigenvalue weighted by molar-refractivity contribution is 14.1. The Kier molecular flexibility index (Phi) is 5.69. The van der Waals surface area contributed by atoms with Crippen LogP contribution in [0.2, 0.25) is 0 Å². The van der Waals surface area contributed by atoms with E-state index < -0.39 is 29.5 Å². The van der Waals surface area contributed by atoms with Gasteiger partial charge in [0.25, 0.3) is 11.8 Å². The van der Waals surface area contributed by atoms with Crippen LogP contribution in [-0.4, -0.2) is 28.8 Å². The van der Waals surface area contributed by atoms with E-state index in [-0.39, 0.29) is 29.0 Å². The zero-order chi connectivity index (χ0) is 21.4. The Morgan fingerprint density at radius 2 is 2.13 bits per heavy atom. The molecule has 10 heteroatoms. The molecule has 6 nitrogen and oxygen atoms in total. The quantitative estimate of drug-likeness (QED) is 0.488. The van der Waals surface area contributed by atoms with Crippen molar-refractivity contribution >= 4 is 50.9 Å². The molecule has 2 amide bonds. The lowest BCUT2D eigenvalue weighted by molar-refractivity contribution is -0.120. The number of thiazole rings is 1. The SMILES string of the molecule is COc1ccc(F)cc1[C@H](C(=O)Nc1nccs1)N1Cc2c(F)cc(I)cc2C1=O. The predicted molar refractivity (Wildman–Crippen MR) is 115 cm³/mol. The lowest BCUT2D eigenvalue weighted by Crippen LogP contribution is -2.38. The number of ether oxygens (including phenoxy) is 1. The van der Waals surface area contributed by atoms with Crippen molar-refractivity contribution in [2.75, 3.05) is 12.4 Å². The molecule has 30 heavy (non-hydrogen) atoms. The third kappa shape index (κ3) is 3.76. The minimum Gasteiger partial charge on any atom is -0.496 e. The summed E-state index contributed by atoms with van der Waals surface area (Å²) < 4.78 is 34.5. The van der Waals surface area contributed by atoms with Gasteiger partial charge in [0, 0.05) is 31.8 Å². The zero-order valence-electron chi connectivity index (χ0n) is 15.5. The number of nitrogens with zero attached hydrogens (tertiary/aromatic N) is 2. The summed E-state index contributed by atoms with van der Waals surface area (Å²) in [7, 11) is 1.38. The maximum absolute atomic E-state index is 14.5. The number of amides is 2. The average Bonchev–Trinajstić information content (AvgIpc) is 3.32. The summed E-state index contributed by atoms with van der Waals surface area (Å²) in [6, 6.07) is 5.35. The third-order valence-electron chi connectivity index (χ3n) is 4.69. The molecule has 1 N–H and O–H groups in total. The van der Waals surface area contributed by atoms with Crippen molar-refractivity contribution in [3.8, 4) is 5.75 Å². The van der Waals surface area contributed by atoms with E-state index >= 15 is 0 Å². The first-order valence-electron chi connectivity index (χ1n) is 8.71. The number of benzene rings is 2. The molecule has 0 fully saturated rings. The van der Waals surface area contributed by atoms with E-state index in [2.05, 4.69) is 10.3 Å². The van der Waals surface area contributed by atoms with Crippen molar-refractivity contribution < 1.29 is 23.1 Å². The molecule has 1 atom stereocenters. The number of carbonyl (C=O) groups is 2. The number of rotatable bonds is 5. The highest BCUT2D eigenvalue weighted by Gasteiger charge is 2.40. The number of fused-ring (bicyclic) bond motifs is 1. The number of methoxy groups -OCH3 is 1. The first kappa shape index (κ1) is 20.7. The second-order valence-corrected chi connectivity index (χ2v) is 8.60. The van der Waals surface area contributed by atoms with Crippen LogP contribution in [0.3, 0.4) is 0 Å². The Bertz CT molecular complexity index is 1140. The maximum Gasteiger partial charge on any atom is 0.255 e. The molecule has 0 saturated heterocycles. The van der Waals surface area contributed by atoms with Gasteiger partial charge in [-0.2, -0.15) is 0 Å². The van der Waals surface area contributed by atoms with Gasteiger partial charge in [0.1, 0.15) is 23.4 Å². The lowest BCUT2D eigenvalue weighted by Gasteiger charge is -2.28. The third-order valence-corrected chi connectivity index (χ3v) is 6.00. The van der Waals surface area contributed by atoms with E-state index in [4.69, 9.17) is 4.74 Å². The van der Waals surface area contributed by atoms with Gasteiger partial charge in [0.15, 0.2) is 5.13 Å². The predicted octanol–water partition coefficient (Wildman–Crippen LogP) is 4.37. The fourth-order valence-electron chi connectivity index (χ4n) is 3.39. The van der Waals surface area contributed by atoms with Gasteiger partial charge in [-0.25, -0.2) is 13.8 Å². The first-order valence-corrected chi connectivity index (χ1v) is 10.7. The number of halogens is 3. The molecule has 2 aromatic carbocycles. The van der Waals surface area contributed by atoms with Crippen molar-refractivity contribution in [3.63, 3.8) is 0 Å². The standard InChI is InChI=1S/C20H14F2IN3O3S/c1-29-16-3-2-10(21)6-13(16)17(18(27)25-20-24-4-5-30-20)26-9-14-12(19(26)28)7-11(23)8-15(14)22/h2-8,17H,9H2,1H3,(H,24,25,27)/t17-/m1/s1. The molecule has 0 aliphatic carbocycles. The first-order chi connectivity index (χ1) is 14.4. The van der Waals surface area contributed by atoms with E-state index in [0.29, 0.717) is 8.70 Å². The van der Waals surface area contributed by atoms with Crippen LogP contribution in [0.25, 0.3) is 0 Å². The van der Waals surface area contributed by atoms with Crippen molar-refractivity contribution in [3.05, 3.63) is 73.8 Å². The smallest absolute Gasteiger partial charge is 0.255 e. The normalized spacial score (nSPS) is 13.9. The summed E-state index contributed by atoms with van der Waals surface area (Å²) in [5.74, 6) is -2.02. The van der Waals surface area contributed by atoms with Gasteiger partial charge in [0.2, 0.25) is 0 Å². The highest BCUT2D eigenvalue weighted by Crippen LogP contribution is 2.38. The van der Waals surface area contributed by atoms with Crippen LogP contribution in [0.4, 0.5) is 13.9 Å². The fraction of sp³-hybridized carbons (Fsp3) is 0.150. The molecular weight excluding hydrogens is 527 g/mol. The van der Waals surface area contributed by atoms with Gasteiger partial charge < -0.3 is 9.64 Å². The molecular formula is C20H14F2IN3O3S. The molecule has 2 heterocycles. The second kappa shape index (κ2) is 8.26. The zero-order valence-corrected chi connectivity index (χ0v) is 18.5. The Labute approximate surface area is 188 Å². The Balaban J connectivity index is 1.80. The van der Waals surface area contributed by atoms with E-state index in [1.807, 2.05) is 22.6 Å². The summed E-state index contributed by atoms with van der Waals surface area (Å²) in [5, 5.41) is 4.65. The monoisotopic (exact) mass is 541 g/mol. The number of hydrogen-bond donors (Lipinski definition) is 1. The van der Waals surface area contributed by atoms with E-state index in [9.17, 15) is 18.4 Å². The van der Waals surface area contributed by atoms with Crippen LogP contribution in [0.5, 0.6) is 5.75 Å². The Hall–Kier alpha value is -2.60. The number of anilines is 1. The van der Waals surface area contributed by atoms with Crippen molar-refractivity contribution in [2.24, 2.45) is 0 Å². The largest absolute Gasteiger partial charge is 0.496 e. The Morgan fingerprint density at radius 3 is 2.83 bits per heavy atom. The summed E-state index contributed by atoms with van der Waals surface area (Å²) in [6.07, 6.45) is 1.52. The number of carbonyl (C=O) groups excluding carboxylic acids is 2. The number of nitrogens with one attached hydrogen (secondary N) is 1. The van der Waals surface area contributed by atoms with E-state index in [1.54, 1.807) is 11.4 Å². The van der Waals surface area contributed by atoms with Crippen LogP contribution in [0, 0.1) is 15.2 Å². The molecule has 3 aromatic rings. The van der Waals surface area contributed by atoms with Crippen molar-refractivity contribution in [1.29, 1.82) is 0 Å². The van der Waals surface area contributed by atoms with Crippen LogP contribution in [-0.2, 0) is 11.3 Å². The minimum absolute atomic E-state index is 0.132. The average molecular weight is 541 g/mol. The molecule has 0 spiro atoms. The summed E-state index contributed by atoms with van der Waals surface area (Å²) >= 11 is 3.12. The minimum atomic E-state index is -1.25. The number of hydrogen-bond acceptors (Lipinski definition) is 5. The summed E-state index contributed by atoms with van der Waals surface area (Å²) in [4.78, 5) is 31.6. The molecule has 1 aromatic heterocycles.